The second-order valence-corrected chi connectivity index (χ2v) is 7.39. The average Bonchev–Trinajstić information content (AvgIpc) is 2.91. The Morgan fingerprint density at radius 1 is 1.21 bits per heavy atom. The molecule has 1 aromatic rings. The summed E-state index contributed by atoms with van der Waals surface area (Å²) in [4.78, 5) is 24.5. The van der Waals surface area contributed by atoms with Gasteiger partial charge in [-0.05, 0) is 43.4 Å². The Balaban J connectivity index is 1.58. The standard InChI is InChI=1S/C19H20F4N2O4/c20-12-3-1-11(2-4-12)18(29)7-5-13(6-8-18)24-16(27)14-9-25(10-19(21,22)23)17(28)15(14)26/h1-4,13,26,29H,5-10H2,(H,24,27). The Labute approximate surface area is 163 Å². The number of nitrogens with one attached hydrogen (secondary N) is 1. The van der Waals surface area contributed by atoms with Crippen LogP contribution in [0, 0.1) is 5.82 Å². The molecule has 2 aliphatic rings. The summed E-state index contributed by atoms with van der Waals surface area (Å²) in [5.41, 5.74) is -1.00. The number of aliphatic hydroxyl groups is 2. The third-order valence-corrected chi connectivity index (χ3v) is 5.30. The summed E-state index contributed by atoms with van der Waals surface area (Å²) < 4.78 is 50.6. The largest absolute Gasteiger partial charge is 0.503 e. The third-order valence-electron chi connectivity index (χ3n) is 5.30. The zero-order valence-corrected chi connectivity index (χ0v) is 15.3. The second kappa shape index (κ2) is 7.66. The van der Waals surface area contributed by atoms with Crippen molar-refractivity contribution in [3.63, 3.8) is 0 Å². The molecule has 0 unspecified atom stereocenters. The van der Waals surface area contributed by atoms with E-state index in [1.165, 1.54) is 24.3 Å². The van der Waals surface area contributed by atoms with Crippen LogP contribution in [0.3, 0.4) is 0 Å². The fraction of sp³-hybridized carbons (Fsp3) is 0.474. The van der Waals surface area contributed by atoms with Crippen LogP contribution in [0.2, 0.25) is 0 Å². The molecule has 0 bridgehead atoms. The molecule has 3 rings (SSSR count). The van der Waals surface area contributed by atoms with Gasteiger partial charge in [-0.25, -0.2) is 4.39 Å². The van der Waals surface area contributed by atoms with Crippen LogP contribution in [0.4, 0.5) is 17.6 Å². The molecule has 0 radical (unpaired) electrons. The minimum atomic E-state index is -4.64. The topological polar surface area (TPSA) is 89.9 Å². The molecule has 1 aliphatic carbocycles. The summed E-state index contributed by atoms with van der Waals surface area (Å²) in [7, 11) is 0. The molecule has 0 aromatic heterocycles. The lowest BCUT2D eigenvalue weighted by Gasteiger charge is -2.36. The SMILES string of the molecule is O=C(NC1CCC(O)(c2ccc(F)cc2)CC1)C1=C(O)C(=O)N(CC(F)(F)F)C1. The van der Waals surface area contributed by atoms with E-state index in [9.17, 15) is 37.4 Å². The van der Waals surface area contributed by atoms with E-state index in [1.54, 1.807) is 0 Å². The molecule has 0 atom stereocenters. The third kappa shape index (κ3) is 4.69. The lowest BCUT2D eigenvalue weighted by atomic mass is 9.77. The van der Waals surface area contributed by atoms with E-state index < -0.39 is 53.8 Å². The van der Waals surface area contributed by atoms with E-state index in [1.807, 2.05) is 0 Å². The summed E-state index contributed by atoms with van der Waals surface area (Å²) in [6.45, 7) is -2.18. The van der Waals surface area contributed by atoms with Gasteiger partial charge in [0, 0.05) is 6.04 Å². The van der Waals surface area contributed by atoms with E-state index in [0.29, 0.717) is 23.3 Å². The van der Waals surface area contributed by atoms with Crippen molar-refractivity contribution in [2.75, 3.05) is 13.1 Å². The lowest BCUT2D eigenvalue weighted by Crippen LogP contribution is -2.43. The molecule has 1 aliphatic heterocycles. The quantitative estimate of drug-likeness (QED) is 0.657. The molecule has 158 valence electrons. The van der Waals surface area contributed by atoms with E-state index >= 15 is 0 Å². The van der Waals surface area contributed by atoms with Gasteiger partial charge >= 0.3 is 6.18 Å². The average molecular weight is 416 g/mol. The van der Waals surface area contributed by atoms with Gasteiger partial charge in [0.1, 0.15) is 12.4 Å². The predicted molar refractivity (Wildman–Crippen MR) is 93.0 cm³/mol. The summed E-state index contributed by atoms with van der Waals surface area (Å²) in [5.74, 6) is -3.44. The molecule has 1 fully saturated rings. The van der Waals surface area contributed by atoms with Crippen molar-refractivity contribution in [3.05, 3.63) is 47.0 Å². The first kappa shape index (κ1) is 21.1. The minimum Gasteiger partial charge on any atom is -0.503 e. The number of hydrogen-bond donors (Lipinski definition) is 3. The molecule has 29 heavy (non-hydrogen) atoms. The number of nitrogens with zero attached hydrogens (tertiary/aromatic N) is 1. The number of alkyl halides is 3. The van der Waals surface area contributed by atoms with E-state index in [4.69, 9.17) is 0 Å². The highest BCUT2D eigenvalue weighted by atomic mass is 19.4. The molecule has 0 saturated heterocycles. The molecule has 1 saturated carbocycles. The van der Waals surface area contributed by atoms with Crippen LogP contribution in [0.25, 0.3) is 0 Å². The number of rotatable bonds is 4. The Morgan fingerprint density at radius 2 is 1.79 bits per heavy atom. The van der Waals surface area contributed by atoms with Crippen LogP contribution in [0.5, 0.6) is 0 Å². The van der Waals surface area contributed by atoms with Gasteiger partial charge in [0.05, 0.1) is 17.7 Å². The molecular weight excluding hydrogens is 396 g/mol. The molecule has 6 nitrogen and oxygen atoms in total. The van der Waals surface area contributed by atoms with Crippen LogP contribution in [0.15, 0.2) is 35.6 Å². The van der Waals surface area contributed by atoms with Crippen molar-refractivity contribution in [3.8, 4) is 0 Å². The maximum Gasteiger partial charge on any atom is 0.406 e. The summed E-state index contributed by atoms with van der Waals surface area (Å²) in [5, 5.41) is 23.1. The monoisotopic (exact) mass is 416 g/mol. The molecule has 10 heteroatoms. The number of carbonyl (C=O) groups excluding carboxylic acids is 2. The van der Waals surface area contributed by atoms with Crippen LogP contribution >= 0.6 is 0 Å². The summed E-state index contributed by atoms with van der Waals surface area (Å²) in [6.07, 6.45) is -3.33. The van der Waals surface area contributed by atoms with E-state index in [2.05, 4.69) is 5.32 Å². The smallest absolute Gasteiger partial charge is 0.406 e. The highest BCUT2D eigenvalue weighted by molar-refractivity contribution is 6.07. The Kier molecular flexibility index (Phi) is 5.57. The summed E-state index contributed by atoms with van der Waals surface area (Å²) >= 11 is 0. The first-order chi connectivity index (χ1) is 13.5. The van der Waals surface area contributed by atoms with Crippen molar-refractivity contribution in [1.29, 1.82) is 0 Å². The molecule has 1 aromatic carbocycles. The molecule has 3 N–H and O–H groups in total. The van der Waals surface area contributed by atoms with Crippen molar-refractivity contribution in [2.24, 2.45) is 0 Å². The molecule has 2 amide bonds. The van der Waals surface area contributed by atoms with E-state index in [0.717, 1.165) is 0 Å². The van der Waals surface area contributed by atoms with Crippen molar-refractivity contribution in [1.82, 2.24) is 10.2 Å². The fourth-order valence-corrected chi connectivity index (χ4v) is 3.70. The highest BCUT2D eigenvalue weighted by Crippen LogP contribution is 2.37. The van der Waals surface area contributed by atoms with Gasteiger partial charge in [0.25, 0.3) is 11.8 Å². The van der Waals surface area contributed by atoms with Gasteiger partial charge in [-0.15, -0.1) is 0 Å². The summed E-state index contributed by atoms with van der Waals surface area (Å²) in [6, 6.07) is 5.11. The number of aliphatic hydroxyl groups excluding tert-OH is 1. The van der Waals surface area contributed by atoms with Crippen LogP contribution in [-0.2, 0) is 15.2 Å². The first-order valence-corrected chi connectivity index (χ1v) is 9.06. The van der Waals surface area contributed by atoms with Gasteiger partial charge in [-0.3, -0.25) is 9.59 Å². The van der Waals surface area contributed by atoms with E-state index in [-0.39, 0.29) is 18.9 Å². The maximum absolute atomic E-state index is 13.1. The van der Waals surface area contributed by atoms with Crippen molar-refractivity contribution < 1.29 is 37.4 Å². The van der Waals surface area contributed by atoms with Gasteiger partial charge in [0.2, 0.25) is 0 Å². The number of halogens is 4. The van der Waals surface area contributed by atoms with Crippen LogP contribution in [-0.4, -0.2) is 52.2 Å². The molecule has 0 spiro atoms. The zero-order chi connectivity index (χ0) is 21.4. The number of benzene rings is 1. The highest BCUT2D eigenvalue weighted by Gasteiger charge is 2.41. The van der Waals surface area contributed by atoms with Crippen LogP contribution in [0.1, 0.15) is 31.2 Å². The molecular formula is C19H20F4N2O4. The second-order valence-electron chi connectivity index (χ2n) is 7.39. The predicted octanol–water partition coefficient (Wildman–Crippen LogP) is 2.29. The van der Waals surface area contributed by atoms with Gasteiger partial charge in [-0.2, -0.15) is 13.2 Å². The number of amides is 2. The number of hydrogen-bond acceptors (Lipinski definition) is 4. The van der Waals surface area contributed by atoms with Crippen LogP contribution < -0.4 is 5.32 Å². The fourth-order valence-electron chi connectivity index (χ4n) is 3.70. The normalized spacial score (nSPS) is 25.5. The molecule has 1 heterocycles. The van der Waals surface area contributed by atoms with Gasteiger partial charge < -0.3 is 20.4 Å². The zero-order valence-electron chi connectivity index (χ0n) is 15.3. The Morgan fingerprint density at radius 3 is 2.34 bits per heavy atom. The lowest BCUT2D eigenvalue weighted by molar-refractivity contribution is -0.157. The Bertz CT molecular complexity index is 828. The van der Waals surface area contributed by atoms with Crippen molar-refractivity contribution in [2.45, 2.75) is 43.5 Å². The van der Waals surface area contributed by atoms with Gasteiger partial charge in [-0.1, -0.05) is 12.1 Å². The number of carbonyl (C=O) groups is 2. The van der Waals surface area contributed by atoms with Crippen molar-refractivity contribution >= 4 is 11.8 Å². The maximum atomic E-state index is 13.1. The first-order valence-electron chi connectivity index (χ1n) is 9.06. The Hall–Kier alpha value is -2.62. The minimum absolute atomic E-state index is 0.285. The van der Waals surface area contributed by atoms with Gasteiger partial charge in [0.15, 0.2) is 5.76 Å².